The summed E-state index contributed by atoms with van der Waals surface area (Å²) in [4.78, 5) is 12.2. The second-order valence-corrected chi connectivity index (χ2v) is 5.57. The van der Waals surface area contributed by atoms with Gasteiger partial charge in [-0.3, -0.25) is 4.79 Å². The van der Waals surface area contributed by atoms with Crippen LogP contribution in [-0.4, -0.2) is 61.9 Å². The average Bonchev–Trinajstić information content (AvgIpc) is 3.28. The highest BCUT2D eigenvalue weighted by atomic mass is 16.5. The molecule has 2 aliphatic rings. The molecule has 0 bridgehead atoms. The number of piperidine rings is 1. The van der Waals surface area contributed by atoms with Crippen molar-refractivity contribution in [1.82, 2.24) is 10.2 Å². The number of likely N-dealkylation sites (tertiary alicyclic amines) is 1. The summed E-state index contributed by atoms with van der Waals surface area (Å²) in [6.45, 7) is 12.8. The Balaban J connectivity index is 0. The van der Waals surface area contributed by atoms with Crippen molar-refractivity contribution in [2.24, 2.45) is 5.92 Å². The number of rotatable bonds is 4. The monoisotopic (exact) mass is 318 g/mol. The molecule has 134 valence electrons. The third-order valence-corrected chi connectivity index (χ3v) is 3.70. The SMILES string of the molecule is CC.CC.CC1CN(C)CCC1O.COCC1(NC=O)CC1. The maximum Gasteiger partial charge on any atom is 0.207 e. The van der Waals surface area contributed by atoms with Crippen molar-refractivity contribution in [3.8, 4) is 0 Å². The molecule has 1 aliphatic heterocycles. The zero-order valence-corrected chi connectivity index (χ0v) is 15.7. The second-order valence-electron chi connectivity index (χ2n) is 5.57. The van der Waals surface area contributed by atoms with Crippen molar-refractivity contribution in [2.45, 2.75) is 65.5 Å². The van der Waals surface area contributed by atoms with Gasteiger partial charge in [-0.2, -0.15) is 0 Å². The van der Waals surface area contributed by atoms with Gasteiger partial charge in [0.15, 0.2) is 0 Å². The van der Waals surface area contributed by atoms with Gasteiger partial charge in [0, 0.05) is 20.2 Å². The number of hydrogen-bond donors (Lipinski definition) is 2. The number of ether oxygens (including phenoxy) is 1. The van der Waals surface area contributed by atoms with Gasteiger partial charge >= 0.3 is 0 Å². The number of methoxy groups -OCH3 is 1. The normalized spacial score (nSPS) is 25.1. The van der Waals surface area contributed by atoms with Crippen LogP contribution in [0.5, 0.6) is 0 Å². The van der Waals surface area contributed by atoms with E-state index in [4.69, 9.17) is 4.74 Å². The van der Waals surface area contributed by atoms with Gasteiger partial charge in [-0.1, -0.05) is 34.6 Å². The zero-order valence-electron chi connectivity index (χ0n) is 15.7. The Morgan fingerprint density at radius 1 is 1.32 bits per heavy atom. The first-order valence-corrected chi connectivity index (χ1v) is 8.60. The Bertz CT molecular complexity index is 258. The minimum Gasteiger partial charge on any atom is -0.393 e. The van der Waals surface area contributed by atoms with Crippen LogP contribution in [0.3, 0.4) is 0 Å². The van der Waals surface area contributed by atoms with Gasteiger partial charge in [-0.05, 0) is 32.2 Å². The van der Waals surface area contributed by atoms with Crippen molar-refractivity contribution in [3.05, 3.63) is 0 Å². The third-order valence-electron chi connectivity index (χ3n) is 3.70. The number of aliphatic hydroxyl groups excluding tert-OH is 1. The van der Waals surface area contributed by atoms with Crippen molar-refractivity contribution >= 4 is 6.41 Å². The number of carbonyl (C=O) groups excluding carboxylic acids is 1. The summed E-state index contributed by atoms with van der Waals surface area (Å²) in [6.07, 6.45) is 3.74. The molecule has 2 rings (SSSR count). The van der Waals surface area contributed by atoms with Crippen molar-refractivity contribution in [2.75, 3.05) is 33.9 Å². The molecular formula is C17H38N2O3. The summed E-state index contributed by atoms with van der Waals surface area (Å²) in [5.74, 6) is 0.462. The van der Waals surface area contributed by atoms with E-state index < -0.39 is 0 Å². The van der Waals surface area contributed by atoms with Gasteiger partial charge < -0.3 is 20.1 Å². The molecule has 1 amide bonds. The van der Waals surface area contributed by atoms with E-state index in [-0.39, 0.29) is 11.6 Å². The number of nitrogens with one attached hydrogen (secondary N) is 1. The molecule has 22 heavy (non-hydrogen) atoms. The van der Waals surface area contributed by atoms with E-state index in [9.17, 15) is 9.90 Å². The lowest BCUT2D eigenvalue weighted by molar-refractivity contribution is -0.110. The standard InChI is InChI=1S/C7H15NO.C6H11NO2.2C2H6/c1-6-5-8(2)4-3-7(6)9;1-9-4-6(2-3-6)7-5-8;2*1-2/h6-7,9H,3-5H2,1-2H3;5H,2-4H2,1H3,(H,7,8);2*1-2H3. The van der Waals surface area contributed by atoms with Crippen LogP contribution in [-0.2, 0) is 9.53 Å². The van der Waals surface area contributed by atoms with Gasteiger partial charge in [0.05, 0.1) is 18.2 Å². The van der Waals surface area contributed by atoms with Crippen molar-refractivity contribution in [3.63, 3.8) is 0 Å². The fraction of sp³-hybridized carbons (Fsp3) is 0.941. The molecule has 0 aromatic carbocycles. The summed E-state index contributed by atoms with van der Waals surface area (Å²) in [7, 11) is 3.74. The van der Waals surface area contributed by atoms with E-state index in [1.54, 1.807) is 7.11 Å². The van der Waals surface area contributed by atoms with Crippen LogP contribution in [0.25, 0.3) is 0 Å². The van der Waals surface area contributed by atoms with Crippen LogP contribution in [0.15, 0.2) is 0 Å². The summed E-state index contributed by atoms with van der Waals surface area (Å²) in [5, 5.41) is 12.0. The van der Waals surface area contributed by atoms with Gasteiger partial charge in [0.1, 0.15) is 0 Å². The molecule has 0 radical (unpaired) electrons. The van der Waals surface area contributed by atoms with Crippen LogP contribution < -0.4 is 5.32 Å². The smallest absolute Gasteiger partial charge is 0.207 e. The fourth-order valence-electron chi connectivity index (χ4n) is 2.22. The molecule has 1 aliphatic carbocycles. The molecule has 2 unspecified atom stereocenters. The maximum absolute atomic E-state index is 9.97. The number of aliphatic hydroxyl groups is 1. The summed E-state index contributed by atoms with van der Waals surface area (Å²) >= 11 is 0. The highest BCUT2D eigenvalue weighted by molar-refractivity contribution is 5.49. The molecule has 0 aromatic rings. The molecule has 0 aromatic heterocycles. The van der Waals surface area contributed by atoms with Crippen LogP contribution in [0.1, 0.15) is 53.9 Å². The predicted molar refractivity (Wildman–Crippen MR) is 93.0 cm³/mol. The van der Waals surface area contributed by atoms with E-state index in [1.165, 1.54) is 0 Å². The molecule has 1 heterocycles. The lowest BCUT2D eigenvalue weighted by Gasteiger charge is -2.31. The Hall–Kier alpha value is -0.650. The summed E-state index contributed by atoms with van der Waals surface area (Å²) in [5.41, 5.74) is 0.0104. The van der Waals surface area contributed by atoms with Crippen LogP contribution >= 0.6 is 0 Å². The highest BCUT2D eigenvalue weighted by Crippen LogP contribution is 2.34. The molecule has 5 heteroatoms. The van der Waals surface area contributed by atoms with Crippen LogP contribution in [0.2, 0.25) is 0 Å². The average molecular weight is 319 g/mol. The number of nitrogens with zero attached hydrogens (tertiary/aromatic N) is 1. The number of hydrogen-bond acceptors (Lipinski definition) is 4. The molecule has 1 saturated heterocycles. The fourth-order valence-corrected chi connectivity index (χ4v) is 2.22. The van der Waals surface area contributed by atoms with E-state index >= 15 is 0 Å². The van der Waals surface area contributed by atoms with E-state index in [0.29, 0.717) is 12.5 Å². The first kappa shape index (κ1) is 23.6. The zero-order chi connectivity index (χ0) is 17.6. The number of carbonyl (C=O) groups is 1. The topological polar surface area (TPSA) is 61.8 Å². The molecular weight excluding hydrogens is 280 g/mol. The largest absolute Gasteiger partial charge is 0.393 e. The van der Waals surface area contributed by atoms with Gasteiger partial charge in [-0.15, -0.1) is 0 Å². The lowest BCUT2D eigenvalue weighted by Crippen LogP contribution is -2.39. The van der Waals surface area contributed by atoms with E-state index in [0.717, 1.165) is 38.8 Å². The summed E-state index contributed by atoms with van der Waals surface area (Å²) < 4.78 is 4.90. The van der Waals surface area contributed by atoms with Gasteiger partial charge in [0.25, 0.3) is 0 Å². The first-order chi connectivity index (χ1) is 10.5. The molecule has 2 N–H and O–H groups in total. The van der Waals surface area contributed by atoms with Crippen LogP contribution in [0, 0.1) is 5.92 Å². The Morgan fingerprint density at radius 3 is 2.18 bits per heavy atom. The first-order valence-electron chi connectivity index (χ1n) is 8.60. The third kappa shape index (κ3) is 10.1. The quantitative estimate of drug-likeness (QED) is 0.781. The Morgan fingerprint density at radius 2 is 1.86 bits per heavy atom. The maximum atomic E-state index is 9.97. The highest BCUT2D eigenvalue weighted by Gasteiger charge is 2.42. The van der Waals surface area contributed by atoms with Gasteiger partial charge in [0.2, 0.25) is 6.41 Å². The molecule has 0 spiro atoms. The van der Waals surface area contributed by atoms with Gasteiger partial charge in [-0.25, -0.2) is 0 Å². The van der Waals surface area contributed by atoms with Crippen molar-refractivity contribution in [1.29, 1.82) is 0 Å². The van der Waals surface area contributed by atoms with E-state index in [2.05, 4.69) is 24.2 Å². The predicted octanol–water partition coefficient (Wildman–Crippen LogP) is 2.28. The minimum absolute atomic E-state index is 0.0104. The van der Waals surface area contributed by atoms with Crippen LogP contribution in [0.4, 0.5) is 0 Å². The molecule has 2 fully saturated rings. The Labute approximate surface area is 137 Å². The molecule has 2 atom stereocenters. The number of amides is 1. The lowest BCUT2D eigenvalue weighted by atomic mass is 9.97. The van der Waals surface area contributed by atoms with Crippen molar-refractivity contribution < 1.29 is 14.6 Å². The molecule has 5 nitrogen and oxygen atoms in total. The second kappa shape index (κ2) is 14.0. The summed E-state index contributed by atoms with van der Waals surface area (Å²) in [6, 6.07) is 0. The molecule has 1 saturated carbocycles. The van der Waals surface area contributed by atoms with E-state index in [1.807, 2.05) is 27.7 Å². The minimum atomic E-state index is -0.0544. The Kier molecular flexibility index (Phi) is 15.0.